The highest BCUT2D eigenvalue weighted by Gasteiger charge is 2.15. The van der Waals surface area contributed by atoms with Gasteiger partial charge in [0.2, 0.25) is 0 Å². The van der Waals surface area contributed by atoms with Crippen molar-refractivity contribution in [1.82, 2.24) is 15.0 Å². The molecule has 0 fully saturated rings. The predicted octanol–water partition coefficient (Wildman–Crippen LogP) is 3.95. The van der Waals surface area contributed by atoms with Gasteiger partial charge < -0.3 is 4.74 Å². The third-order valence-electron chi connectivity index (χ3n) is 4.95. The van der Waals surface area contributed by atoms with E-state index in [1.165, 1.54) is 11.8 Å². The molecule has 0 spiro atoms. The topological polar surface area (TPSA) is 85.6 Å². The van der Waals surface area contributed by atoms with Crippen molar-refractivity contribution >= 4 is 34.8 Å². The van der Waals surface area contributed by atoms with E-state index >= 15 is 0 Å². The second kappa shape index (κ2) is 10.1. The number of fused-ring (bicyclic) bond motifs is 1. The molecule has 0 aliphatic carbocycles. The SMILES string of the molecule is COc1ccc(/C=N/NC(=O)CSc2nc3ccccc3c(=O)n2-c2ccccc2C)cc1. The number of aryl methyl sites for hydroxylation is 1. The molecule has 0 radical (unpaired) electrons. The summed E-state index contributed by atoms with van der Waals surface area (Å²) in [4.78, 5) is 30.4. The van der Waals surface area contributed by atoms with Crippen molar-refractivity contribution in [1.29, 1.82) is 0 Å². The first-order valence-electron chi connectivity index (χ1n) is 10.2. The molecule has 0 unspecified atom stereocenters. The van der Waals surface area contributed by atoms with Gasteiger partial charge in [-0.1, -0.05) is 42.1 Å². The number of amides is 1. The molecule has 0 saturated heterocycles. The number of hydrogen-bond acceptors (Lipinski definition) is 6. The number of benzene rings is 3. The van der Waals surface area contributed by atoms with Gasteiger partial charge in [-0.05, 0) is 60.5 Å². The molecule has 0 aliphatic rings. The summed E-state index contributed by atoms with van der Waals surface area (Å²) in [6.07, 6.45) is 1.56. The number of hydrazone groups is 1. The number of methoxy groups -OCH3 is 1. The lowest BCUT2D eigenvalue weighted by Crippen LogP contribution is -2.24. The summed E-state index contributed by atoms with van der Waals surface area (Å²) in [5.74, 6) is 0.495. The van der Waals surface area contributed by atoms with Gasteiger partial charge in [0.25, 0.3) is 11.5 Å². The largest absolute Gasteiger partial charge is 0.497 e. The van der Waals surface area contributed by atoms with Gasteiger partial charge >= 0.3 is 0 Å². The first-order chi connectivity index (χ1) is 16.1. The number of hydrogen-bond donors (Lipinski definition) is 1. The molecule has 4 aromatic rings. The molecule has 8 heteroatoms. The summed E-state index contributed by atoms with van der Waals surface area (Å²) in [6, 6.07) is 22.1. The molecule has 0 saturated carbocycles. The maximum absolute atomic E-state index is 13.3. The van der Waals surface area contributed by atoms with Crippen LogP contribution in [0.15, 0.2) is 87.8 Å². The number of nitrogens with zero attached hydrogens (tertiary/aromatic N) is 3. The number of thioether (sulfide) groups is 1. The molecular formula is C25H22N4O3S. The second-order valence-electron chi connectivity index (χ2n) is 7.19. The molecule has 7 nitrogen and oxygen atoms in total. The van der Waals surface area contributed by atoms with Gasteiger partial charge in [0, 0.05) is 0 Å². The Bertz CT molecular complexity index is 1380. The third-order valence-corrected chi connectivity index (χ3v) is 5.89. The Hall–Kier alpha value is -3.91. The van der Waals surface area contributed by atoms with Gasteiger partial charge in [0.05, 0.1) is 35.7 Å². The lowest BCUT2D eigenvalue weighted by Gasteiger charge is -2.14. The van der Waals surface area contributed by atoms with Crippen molar-refractivity contribution in [2.24, 2.45) is 5.10 Å². The number of carbonyl (C=O) groups is 1. The lowest BCUT2D eigenvalue weighted by atomic mass is 10.2. The van der Waals surface area contributed by atoms with E-state index in [1.54, 1.807) is 30.0 Å². The van der Waals surface area contributed by atoms with Crippen LogP contribution >= 0.6 is 11.8 Å². The fraction of sp³-hybridized carbons (Fsp3) is 0.120. The fourth-order valence-corrected chi connectivity index (χ4v) is 4.07. The molecular weight excluding hydrogens is 436 g/mol. The Labute approximate surface area is 195 Å². The molecule has 33 heavy (non-hydrogen) atoms. The normalized spacial score (nSPS) is 11.1. The van der Waals surface area contributed by atoms with Gasteiger partial charge in [0.15, 0.2) is 5.16 Å². The smallest absolute Gasteiger partial charge is 0.266 e. The van der Waals surface area contributed by atoms with Crippen LogP contribution in [0, 0.1) is 6.92 Å². The number of carbonyl (C=O) groups excluding carboxylic acids is 1. The molecule has 1 N–H and O–H groups in total. The number of para-hydroxylation sites is 2. The number of rotatable bonds is 7. The Kier molecular flexibility index (Phi) is 6.85. The van der Waals surface area contributed by atoms with Crippen molar-refractivity contribution < 1.29 is 9.53 Å². The standard InChI is InChI=1S/C25H22N4O3S/c1-17-7-3-6-10-22(17)29-24(31)20-8-4-5-9-21(20)27-25(29)33-16-23(30)28-26-15-18-11-13-19(32-2)14-12-18/h3-15H,16H2,1-2H3,(H,28,30)/b26-15+. The number of nitrogens with one attached hydrogen (secondary N) is 1. The molecule has 4 rings (SSSR count). The first-order valence-corrected chi connectivity index (χ1v) is 11.2. The zero-order chi connectivity index (χ0) is 23.2. The maximum atomic E-state index is 13.3. The monoisotopic (exact) mass is 458 g/mol. The molecule has 1 amide bonds. The Balaban J connectivity index is 1.54. The van der Waals surface area contributed by atoms with Crippen LogP contribution in [-0.2, 0) is 4.79 Å². The minimum atomic E-state index is -0.302. The Morgan fingerprint density at radius 2 is 1.82 bits per heavy atom. The predicted molar refractivity (Wildman–Crippen MR) is 132 cm³/mol. The van der Waals surface area contributed by atoms with E-state index in [0.29, 0.717) is 16.1 Å². The Morgan fingerprint density at radius 1 is 1.09 bits per heavy atom. The van der Waals surface area contributed by atoms with Crippen molar-refractivity contribution in [2.45, 2.75) is 12.1 Å². The lowest BCUT2D eigenvalue weighted by molar-refractivity contribution is -0.118. The molecule has 166 valence electrons. The highest BCUT2D eigenvalue weighted by atomic mass is 32.2. The van der Waals surface area contributed by atoms with Crippen molar-refractivity contribution in [3.63, 3.8) is 0 Å². The zero-order valence-corrected chi connectivity index (χ0v) is 19.0. The molecule has 0 bridgehead atoms. The molecule has 3 aromatic carbocycles. The van der Waals surface area contributed by atoms with Gasteiger partial charge in [0.1, 0.15) is 5.75 Å². The summed E-state index contributed by atoms with van der Waals surface area (Å²) in [5, 5.41) is 4.98. The van der Waals surface area contributed by atoms with Crippen LogP contribution in [0.2, 0.25) is 0 Å². The fourth-order valence-electron chi connectivity index (χ4n) is 3.27. The second-order valence-corrected chi connectivity index (χ2v) is 8.14. The van der Waals surface area contributed by atoms with Crippen LogP contribution in [0.25, 0.3) is 16.6 Å². The van der Waals surface area contributed by atoms with E-state index in [9.17, 15) is 9.59 Å². The van der Waals surface area contributed by atoms with Crippen LogP contribution in [0.5, 0.6) is 5.75 Å². The Morgan fingerprint density at radius 3 is 2.58 bits per heavy atom. The molecule has 1 aromatic heterocycles. The van der Waals surface area contributed by atoms with Crippen LogP contribution in [-0.4, -0.2) is 34.5 Å². The highest BCUT2D eigenvalue weighted by molar-refractivity contribution is 7.99. The molecule has 0 aliphatic heterocycles. The average molecular weight is 459 g/mol. The highest BCUT2D eigenvalue weighted by Crippen LogP contribution is 2.23. The quantitative estimate of drug-likeness (QED) is 0.196. The van der Waals surface area contributed by atoms with Crippen molar-refractivity contribution in [3.05, 3.63) is 94.3 Å². The van der Waals surface area contributed by atoms with Gasteiger partial charge in [-0.3, -0.25) is 14.2 Å². The van der Waals surface area contributed by atoms with Crippen LogP contribution in [0.4, 0.5) is 0 Å². The summed E-state index contributed by atoms with van der Waals surface area (Å²) >= 11 is 1.19. The summed E-state index contributed by atoms with van der Waals surface area (Å²) in [5.41, 5.74) is 5.44. The summed E-state index contributed by atoms with van der Waals surface area (Å²) in [6.45, 7) is 1.94. The van der Waals surface area contributed by atoms with Crippen LogP contribution < -0.4 is 15.7 Å². The van der Waals surface area contributed by atoms with E-state index in [1.807, 2.05) is 67.6 Å². The van der Waals surface area contributed by atoms with Gasteiger partial charge in [-0.15, -0.1) is 0 Å². The summed E-state index contributed by atoms with van der Waals surface area (Å²) in [7, 11) is 1.60. The van der Waals surface area contributed by atoms with E-state index in [4.69, 9.17) is 4.74 Å². The minimum absolute atomic E-state index is 0.0522. The molecule has 1 heterocycles. The van der Waals surface area contributed by atoms with Crippen molar-refractivity contribution in [2.75, 3.05) is 12.9 Å². The molecule has 0 atom stereocenters. The third kappa shape index (κ3) is 5.12. The first kappa shape index (κ1) is 22.3. The van der Waals surface area contributed by atoms with Gasteiger partial charge in [-0.2, -0.15) is 5.10 Å². The van der Waals surface area contributed by atoms with E-state index in [2.05, 4.69) is 15.5 Å². The maximum Gasteiger partial charge on any atom is 0.266 e. The van der Waals surface area contributed by atoms with Gasteiger partial charge in [-0.25, -0.2) is 10.4 Å². The van der Waals surface area contributed by atoms with Crippen molar-refractivity contribution in [3.8, 4) is 11.4 Å². The van der Waals surface area contributed by atoms with E-state index in [0.717, 1.165) is 22.6 Å². The number of aromatic nitrogens is 2. The number of ether oxygens (including phenoxy) is 1. The van der Waals surface area contributed by atoms with E-state index < -0.39 is 0 Å². The van der Waals surface area contributed by atoms with Crippen LogP contribution in [0.1, 0.15) is 11.1 Å². The van der Waals surface area contributed by atoms with Crippen LogP contribution in [0.3, 0.4) is 0 Å². The average Bonchev–Trinajstić information content (AvgIpc) is 2.84. The minimum Gasteiger partial charge on any atom is -0.497 e. The summed E-state index contributed by atoms with van der Waals surface area (Å²) < 4.78 is 6.69. The zero-order valence-electron chi connectivity index (χ0n) is 18.2. The van der Waals surface area contributed by atoms with E-state index in [-0.39, 0.29) is 17.2 Å².